The van der Waals surface area contributed by atoms with E-state index in [1.54, 1.807) is 30.0 Å². The number of aromatic nitrogens is 2. The minimum Gasteiger partial charge on any atom is -0.483 e. The molecule has 1 fully saturated rings. The van der Waals surface area contributed by atoms with Gasteiger partial charge in [0.05, 0.1) is 10.6 Å². The first-order chi connectivity index (χ1) is 11.1. The number of halogens is 2. The topological polar surface area (TPSA) is 76.2 Å². The summed E-state index contributed by atoms with van der Waals surface area (Å²) in [4.78, 5) is 8.36. The molecule has 1 heterocycles. The van der Waals surface area contributed by atoms with Crippen molar-refractivity contribution in [2.45, 2.75) is 42.6 Å². The van der Waals surface area contributed by atoms with Crippen molar-refractivity contribution >= 4 is 41.4 Å². The third kappa shape index (κ3) is 5.41. The van der Waals surface area contributed by atoms with Gasteiger partial charge < -0.3 is 9.52 Å². The average Bonchev–Trinajstić information content (AvgIpc) is 2.97. The quantitative estimate of drug-likeness (QED) is 0.746. The molecule has 0 unspecified atom stereocenters. The Morgan fingerprint density at radius 2 is 1.91 bits per heavy atom. The highest BCUT2D eigenvalue weighted by Gasteiger charge is 2.19. The van der Waals surface area contributed by atoms with Crippen molar-refractivity contribution < 1.29 is 14.3 Å². The molecule has 5 nitrogen and oxygen atoms in total. The van der Waals surface area contributed by atoms with E-state index in [4.69, 9.17) is 37.5 Å². The van der Waals surface area contributed by atoms with Gasteiger partial charge in [0.15, 0.2) is 0 Å². The van der Waals surface area contributed by atoms with Crippen molar-refractivity contribution in [2.24, 2.45) is 0 Å². The smallest absolute Gasteiger partial charge is 0.290 e. The summed E-state index contributed by atoms with van der Waals surface area (Å²) in [5, 5.41) is 17.4. The van der Waals surface area contributed by atoms with Crippen LogP contribution in [0.5, 0.6) is 0 Å². The van der Waals surface area contributed by atoms with Crippen LogP contribution in [0.1, 0.15) is 32.1 Å². The van der Waals surface area contributed by atoms with E-state index in [-0.39, 0.29) is 6.47 Å². The monoisotopic (exact) mass is 374 g/mol. The summed E-state index contributed by atoms with van der Waals surface area (Å²) < 4.78 is 5.71. The zero-order valence-corrected chi connectivity index (χ0v) is 14.6. The van der Waals surface area contributed by atoms with Gasteiger partial charge in [-0.3, -0.25) is 4.79 Å². The molecule has 3 rings (SSSR count). The van der Waals surface area contributed by atoms with Crippen LogP contribution in [0.2, 0.25) is 10.0 Å². The predicted octanol–water partition coefficient (Wildman–Crippen LogP) is 5.17. The van der Waals surface area contributed by atoms with E-state index in [0.717, 1.165) is 5.56 Å². The second-order valence-electron chi connectivity index (χ2n) is 4.98. The first-order valence-corrected chi connectivity index (χ1v) is 8.81. The number of benzene rings is 1. The molecule has 1 aliphatic rings. The molecule has 2 aromatic rings. The predicted molar refractivity (Wildman–Crippen MR) is 91.2 cm³/mol. The first-order valence-electron chi connectivity index (χ1n) is 7.17. The summed E-state index contributed by atoms with van der Waals surface area (Å²) in [6.07, 6.45) is 6.38. The van der Waals surface area contributed by atoms with E-state index < -0.39 is 0 Å². The fourth-order valence-corrected chi connectivity index (χ4v) is 3.91. The lowest BCUT2D eigenvalue weighted by Crippen LogP contribution is -2.07. The Hall–Kier alpha value is -1.24. The standard InChI is InChI=1S/C14H14Cl2N2OS.CH2O2/c15-9-6-7-11(12(16)8-9)13-17-18-14(19-13)20-10-4-2-1-3-5-10;2-1-3/h6-8,10H,1-5H2;1H,(H,2,3). The van der Waals surface area contributed by atoms with Crippen LogP contribution in [-0.4, -0.2) is 27.0 Å². The molecular formula is C15H16Cl2N2O3S. The van der Waals surface area contributed by atoms with Crippen LogP contribution in [0, 0.1) is 0 Å². The van der Waals surface area contributed by atoms with Crippen LogP contribution in [-0.2, 0) is 4.79 Å². The van der Waals surface area contributed by atoms with Gasteiger partial charge in [-0.15, -0.1) is 10.2 Å². The van der Waals surface area contributed by atoms with Gasteiger partial charge in [0.2, 0.25) is 5.89 Å². The van der Waals surface area contributed by atoms with Gasteiger partial charge in [0.1, 0.15) is 0 Å². The van der Waals surface area contributed by atoms with Gasteiger partial charge in [-0.1, -0.05) is 54.2 Å². The summed E-state index contributed by atoms with van der Waals surface area (Å²) in [7, 11) is 0. The fourth-order valence-electron chi connectivity index (χ4n) is 2.35. The molecule has 0 amide bonds. The van der Waals surface area contributed by atoms with Crippen molar-refractivity contribution in [3.05, 3.63) is 28.2 Å². The summed E-state index contributed by atoms with van der Waals surface area (Å²) in [5.41, 5.74) is 0.721. The summed E-state index contributed by atoms with van der Waals surface area (Å²) >= 11 is 13.7. The minimum atomic E-state index is -0.250. The van der Waals surface area contributed by atoms with Gasteiger partial charge in [0.25, 0.3) is 11.7 Å². The number of thioether (sulfide) groups is 1. The normalized spacial score (nSPS) is 14.9. The van der Waals surface area contributed by atoms with E-state index in [2.05, 4.69) is 10.2 Å². The Bertz CT molecular complexity index is 645. The van der Waals surface area contributed by atoms with E-state index in [9.17, 15) is 0 Å². The number of carbonyl (C=O) groups is 1. The molecule has 1 aromatic carbocycles. The lowest BCUT2D eigenvalue weighted by Gasteiger charge is -2.18. The van der Waals surface area contributed by atoms with E-state index in [0.29, 0.717) is 26.4 Å². The van der Waals surface area contributed by atoms with Crippen molar-refractivity contribution in [1.82, 2.24) is 10.2 Å². The number of rotatable bonds is 3. The fraction of sp³-hybridized carbons (Fsp3) is 0.400. The summed E-state index contributed by atoms with van der Waals surface area (Å²) in [6, 6.07) is 5.24. The molecule has 0 bridgehead atoms. The Labute approximate surface area is 148 Å². The number of nitrogens with zero attached hydrogens (tertiary/aromatic N) is 2. The van der Waals surface area contributed by atoms with Crippen LogP contribution in [0.15, 0.2) is 27.8 Å². The molecule has 8 heteroatoms. The SMILES string of the molecule is Clc1ccc(-c2nnc(SC3CCCCC3)o2)c(Cl)c1.O=CO. The van der Waals surface area contributed by atoms with Crippen molar-refractivity contribution in [3.8, 4) is 11.5 Å². The molecule has 1 N–H and O–H groups in total. The molecule has 1 saturated carbocycles. The van der Waals surface area contributed by atoms with Gasteiger partial charge in [0, 0.05) is 10.3 Å². The molecule has 0 radical (unpaired) electrons. The van der Waals surface area contributed by atoms with Gasteiger partial charge in [-0.2, -0.15) is 0 Å². The van der Waals surface area contributed by atoms with E-state index >= 15 is 0 Å². The molecule has 23 heavy (non-hydrogen) atoms. The third-order valence-corrected chi connectivity index (χ3v) is 5.11. The Kier molecular flexibility index (Phi) is 7.20. The van der Waals surface area contributed by atoms with Crippen molar-refractivity contribution in [2.75, 3.05) is 0 Å². The molecule has 0 saturated heterocycles. The highest BCUT2D eigenvalue weighted by atomic mass is 35.5. The maximum Gasteiger partial charge on any atom is 0.290 e. The largest absolute Gasteiger partial charge is 0.483 e. The van der Waals surface area contributed by atoms with Crippen LogP contribution in [0.25, 0.3) is 11.5 Å². The lowest BCUT2D eigenvalue weighted by atomic mass is 10.0. The highest BCUT2D eigenvalue weighted by molar-refractivity contribution is 7.99. The molecule has 124 valence electrons. The van der Waals surface area contributed by atoms with Crippen molar-refractivity contribution in [1.29, 1.82) is 0 Å². The first kappa shape index (κ1) is 18.1. The maximum atomic E-state index is 8.36. The van der Waals surface area contributed by atoms with Crippen LogP contribution < -0.4 is 0 Å². The summed E-state index contributed by atoms with van der Waals surface area (Å²) in [6.45, 7) is -0.250. The maximum absolute atomic E-state index is 8.36. The lowest BCUT2D eigenvalue weighted by molar-refractivity contribution is -0.122. The third-order valence-electron chi connectivity index (χ3n) is 3.39. The Balaban J connectivity index is 0.000000595. The second kappa shape index (κ2) is 9.15. The minimum absolute atomic E-state index is 0.250. The summed E-state index contributed by atoms with van der Waals surface area (Å²) in [5.74, 6) is 0.449. The average molecular weight is 375 g/mol. The number of carboxylic acid groups (broad SMARTS) is 1. The molecule has 0 spiro atoms. The molecule has 0 atom stereocenters. The highest BCUT2D eigenvalue weighted by Crippen LogP contribution is 2.35. The Morgan fingerprint density at radius 3 is 2.57 bits per heavy atom. The number of hydrogen-bond acceptors (Lipinski definition) is 5. The second-order valence-corrected chi connectivity index (χ2v) is 7.08. The molecule has 0 aliphatic heterocycles. The van der Waals surface area contributed by atoms with E-state index in [1.165, 1.54) is 32.1 Å². The van der Waals surface area contributed by atoms with Gasteiger partial charge in [-0.25, -0.2) is 0 Å². The number of hydrogen-bond donors (Lipinski definition) is 1. The van der Waals surface area contributed by atoms with Gasteiger partial charge >= 0.3 is 0 Å². The van der Waals surface area contributed by atoms with Crippen LogP contribution in [0.4, 0.5) is 0 Å². The van der Waals surface area contributed by atoms with Crippen molar-refractivity contribution in [3.63, 3.8) is 0 Å². The van der Waals surface area contributed by atoms with Crippen LogP contribution >= 0.6 is 35.0 Å². The zero-order valence-electron chi connectivity index (χ0n) is 12.2. The van der Waals surface area contributed by atoms with E-state index in [1.807, 2.05) is 0 Å². The molecule has 1 aromatic heterocycles. The molecule has 1 aliphatic carbocycles. The molecular weight excluding hydrogens is 359 g/mol. The van der Waals surface area contributed by atoms with Gasteiger partial charge in [-0.05, 0) is 31.0 Å². The Morgan fingerprint density at radius 1 is 1.22 bits per heavy atom. The zero-order chi connectivity index (χ0) is 16.7. The van der Waals surface area contributed by atoms with Crippen LogP contribution in [0.3, 0.4) is 0 Å².